The molecule has 31 heavy (non-hydrogen) atoms. The van der Waals surface area contributed by atoms with E-state index in [1.165, 1.54) is 19.3 Å². The Labute approximate surface area is 192 Å². The van der Waals surface area contributed by atoms with Gasteiger partial charge >= 0.3 is 0 Å². The maximum atomic E-state index is 12.4. The lowest BCUT2D eigenvalue weighted by Crippen LogP contribution is -2.31. The molecule has 1 saturated carbocycles. The van der Waals surface area contributed by atoms with Gasteiger partial charge in [-0.05, 0) is 61.1 Å². The zero-order valence-electron chi connectivity index (χ0n) is 18.4. The van der Waals surface area contributed by atoms with E-state index in [9.17, 15) is 4.79 Å². The van der Waals surface area contributed by atoms with E-state index in [2.05, 4.69) is 41.8 Å². The van der Waals surface area contributed by atoms with Crippen molar-refractivity contribution in [2.75, 3.05) is 44.9 Å². The predicted molar refractivity (Wildman–Crippen MR) is 127 cm³/mol. The van der Waals surface area contributed by atoms with Crippen molar-refractivity contribution >= 4 is 39.3 Å². The van der Waals surface area contributed by atoms with Crippen molar-refractivity contribution in [1.29, 1.82) is 0 Å². The first kappa shape index (κ1) is 23.3. The van der Waals surface area contributed by atoms with Crippen molar-refractivity contribution < 1.29 is 9.53 Å². The van der Waals surface area contributed by atoms with Gasteiger partial charge in [0.15, 0.2) is 0 Å². The minimum atomic E-state index is -0.134. The number of methoxy groups -OCH3 is 1. The lowest BCUT2D eigenvalue weighted by Gasteiger charge is -2.24. The van der Waals surface area contributed by atoms with Crippen LogP contribution >= 0.6 is 15.9 Å². The van der Waals surface area contributed by atoms with Crippen molar-refractivity contribution in [3.05, 3.63) is 34.4 Å². The molecule has 0 atom stereocenters. The Bertz CT molecular complexity index is 886. The zero-order chi connectivity index (χ0) is 22.2. The molecule has 1 heterocycles. The first-order valence-corrected chi connectivity index (χ1v) is 11.4. The van der Waals surface area contributed by atoms with Crippen LogP contribution in [0.3, 0.4) is 0 Å². The van der Waals surface area contributed by atoms with Gasteiger partial charge in [-0.15, -0.1) is 0 Å². The second-order valence-electron chi connectivity index (χ2n) is 7.97. The molecule has 2 aromatic rings. The average molecular weight is 491 g/mol. The summed E-state index contributed by atoms with van der Waals surface area (Å²) in [4.78, 5) is 23.4. The van der Waals surface area contributed by atoms with Crippen LogP contribution in [0, 0.1) is 0 Å². The molecule has 8 nitrogen and oxygen atoms in total. The monoisotopic (exact) mass is 490 g/mol. The fourth-order valence-electron chi connectivity index (χ4n) is 3.52. The molecule has 1 amide bonds. The lowest BCUT2D eigenvalue weighted by molar-refractivity contribution is 0.0950. The van der Waals surface area contributed by atoms with Gasteiger partial charge in [-0.3, -0.25) is 4.79 Å². The zero-order valence-corrected chi connectivity index (χ0v) is 20.0. The first-order valence-electron chi connectivity index (χ1n) is 10.6. The number of ether oxygens (including phenoxy) is 1. The number of aromatic nitrogens is 2. The van der Waals surface area contributed by atoms with E-state index in [1.54, 1.807) is 31.5 Å². The molecule has 1 aliphatic carbocycles. The number of hydrogen-bond acceptors (Lipinski definition) is 7. The highest BCUT2D eigenvalue weighted by molar-refractivity contribution is 9.10. The number of nitrogens with zero attached hydrogens (tertiary/aromatic N) is 3. The summed E-state index contributed by atoms with van der Waals surface area (Å²) in [5.41, 5.74) is 1.23. The summed E-state index contributed by atoms with van der Waals surface area (Å²) in [6.45, 7) is 1.36. The third-order valence-corrected chi connectivity index (χ3v) is 5.83. The highest BCUT2D eigenvalue weighted by atomic mass is 79.9. The van der Waals surface area contributed by atoms with Gasteiger partial charge in [0.05, 0.1) is 17.3 Å². The lowest BCUT2D eigenvalue weighted by atomic mass is 9.95. The molecule has 9 heteroatoms. The molecular formula is C22H31BrN6O2. The second kappa shape index (κ2) is 11.3. The number of carbonyl (C=O) groups excluding carboxylic acids is 1. The van der Waals surface area contributed by atoms with Gasteiger partial charge < -0.3 is 25.6 Å². The van der Waals surface area contributed by atoms with E-state index in [0.29, 0.717) is 35.5 Å². The van der Waals surface area contributed by atoms with E-state index in [-0.39, 0.29) is 5.91 Å². The Kier molecular flexibility index (Phi) is 8.48. The molecule has 0 radical (unpaired) electrons. The number of amides is 1. The Balaban J connectivity index is 1.70. The molecule has 1 aromatic heterocycles. The molecular weight excluding hydrogens is 460 g/mol. The van der Waals surface area contributed by atoms with Crippen LogP contribution in [0.4, 0.5) is 17.5 Å². The molecule has 1 fully saturated rings. The summed E-state index contributed by atoms with van der Waals surface area (Å²) in [7, 11) is 5.51. The SMILES string of the molecule is COc1cc(C(=O)NCCN(C)C)ccc1Nc1ncc(Br)c(NC2CCCCC2)n1. The van der Waals surface area contributed by atoms with Crippen molar-refractivity contribution in [2.24, 2.45) is 0 Å². The molecule has 0 bridgehead atoms. The van der Waals surface area contributed by atoms with Crippen molar-refractivity contribution in [3.63, 3.8) is 0 Å². The molecule has 168 valence electrons. The Morgan fingerprint density at radius 2 is 2.03 bits per heavy atom. The Hall–Kier alpha value is -2.39. The number of halogens is 1. The van der Waals surface area contributed by atoms with E-state index in [1.807, 2.05) is 19.0 Å². The molecule has 0 saturated heterocycles. The number of anilines is 3. The standard InChI is InChI=1S/C22H31BrN6O2/c1-29(2)12-11-24-21(30)15-9-10-18(19(13-15)31-3)27-22-25-14-17(23)20(28-22)26-16-7-5-4-6-8-16/h9-10,13-14,16H,4-8,11-12H2,1-3H3,(H,24,30)(H2,25,26,27,28). The highest BCUT2D eigenvalue weighted by Gasteiger charge is 2.16. The van der Waals surface area contributed by atoms with Crippen LogP contribution in [0.5, 0.6) is 5.75 Å². The largest absolute Gasteiger partial charge is 0.495 e. The predicted octanol–water partition coefficient (Wildman–Crippen LogP) is 4.03. The normalized spacial score (nSPS) is 14.4. The Morgan fingerprint density at radius 3 is 2.74 bits per heavy atom. The van der Waals surface area contributed by atoms with Gasteiger partial charge in [0, 0.05) is 30.9 Å². The van der Waals surface area contributed by atoms with Gasteiger partial charge in [0.2, 0.25) is 5.95 Å². The summed E-state index contributed by atoms with van der Waals surface area (Å²) in [5, 5.41) is 9.64. The van der Waals surface area contributed by atoms with Gasteiger partial charge in [0.25, 0.3) is 5.91 Å². The number of rotatable bonds is 9. The van der Waals surface area contributed by atoms with Gasteiger partial charge in [-0.25, -0.2) is 4.98 Å². The first-order chi connectivity index (χ1) is 15.0. The highest BCUT2D eigenvalue weighted by Crippen LogP contribution is 2.30. The quantitative estimate of drug-likeness (QED) is 0.488. The molecule has 1 aromatic carbocycles. The molecule has 0 spiro atoms. The Morgan fingerprint density at radius 1 is 1.26 bits per heavy atom. The fraction of sp³-hybridized carbons (Fsp3) is 0.500. The van der Waals surface area contributed by atoms with Crippen molar-refractivity contribution in [1.82, 2.24) is 20.2 Å². The summed E-state index contributed by atoms with van der Waals surface area (Å²) >= 11 is 3.54. The van der Waals surface area contributed by atoms with Gasteiger partial charge in [-0.1, -0.05) is 19.3 Å². The number of likely N-dealkylation sites (N-methyl/N-ethyl adjacent to an activating group) is 1. The van der Waals surface area contributed by atoms with Crippen LogP contribution in [0.15, 0.2) is 28.9 Å². The number of hydrogen-bond donors (Lipinski definition) is 3. The molecule has 0 unspecified atom stereocenters. The van der Waals surface area contributed by atoms with E-state index < -0.39 is 0 Å². The average Bonchev–Trinajstić information content (AvgIpc) is 2.76. The van der Waals surface area contributed by atoms with Crippen LogP contribution in [0.2, 0.25) is 0 Å². The summed E-state index contributed by atoms with van der Waals surface area (Å²) in [6.07, 6.45) is 7.85. The number of carbonyl (C=O) groups is 1. The molecule has 1 aliphatic rings. The van der Waals surface area contributed by atoms with Crippen molar-refractivity contribution in [2.45, 2.75) is 38.1 Å². The maximum absolute atomic E-state index is 12.4. The van der Waals surface area contributed by atoms with E-state index >= 15 is 0 Å². The summed E-state index contributed by atoms with van der Waals surface area (Å²) in [5.74, 6) is 1.65. The molecule has 0 aliphatic heterocycles. The van der Waals surface area contributed by atoms with Crippen LogP contribution in [-0.4, -0.2) is 61.1 Å². The maximum Gasteiger partial charge on any atom is 0.251 e. The van der Waals surface area contributed by atoms with Crippen LogP contribution in [-0.2, 0) is 0 Å². The topological polar surface area (TPSA) is 91.4 Å². The fourth-order valence-corrected chi connectivity index (χ4v) is 3.83. The van der Waals surface area contributed by atoms with E-state index in [0.717, 1.165) is 29.7 Å². The summed E-state index contributed by atoms with van der Waals surface area (Å²) in [6, 6.07) is 5.72. The smallest absolute Gasteiger partial charge is 0.251 e. The van der Waals surface area contributed by atoms with Gasteiger partial charge in [-0.2, -0.15) is 4.98 Å². The van der Waals surface area contributed by atoms with Crippen LogP contribution in [0.1, 0.15) is 42.5 Å². The second-order valence-corrected chi connectivity index (χ2v) is 8.82. The molecule has 3 N–H and O–H groups in total. The van der Waals surface area contributed by atoms with Crippen LogP contribution in [0.25, 0.3) is 0 Å². The van der Waals surface area contributed by atoms with Crippen molar-refractivity contribution in [3.8, 4) is 5.75 Å². The van der Waals surface area contributed by atoms with Crippen LogP contribution < -0.4 is 20.7 Å². The number of benzene rings is 1. The molecule has 3 rings (SSSR count). The van der Waals surface area contributed by atoms with Gasteiger partial charge in [0.1, 0.15) is 11.6 Å². The minimum absolute atomic E-state index is 0.134. The third kappa shape index (κ3) is 6.80. The minimum Gasteiger partial charge on any atom is -0.495 e. The third-order valence-electron chi connectivity index (χ3n) is 5.24. The van der Waals surface area contributed by atoms with E-state index in [4.69, 9.17) is 4.74 Å². The summed E-state index contributed by atoms with van der Waals surface area (Å²) < 4.78 is 6.33. The number of nitrogens with one attached hydrogen (secondary N) is 3.